The normalized spacial score (nSPS) is 11.1. The molecule has 0 atom stereocenters. The molecule has 0 bridgehead atoms. The van der Waals surface area contributed by atoms with Crippen molar-refractivity contribution >= 4 is 29.1 Å². The maximum Gasteiger partial charge on any atom is 0.239 e. The minimum absolute atomic E-state index is 0.304. The molecule has 4 nitrogen and oxygen atoms in total. The Morgan fingerprint density at radius 3 is 2.31 bits per heavy atom. The number of rotatable bonds is 7. The van der Waals surface area contributed by atoms with Crippen LogP contribution in [0.3, 0.4) is 0 Å². The van der Waals surface area contributed by atoms with Crippen molar-refractivity contribution in [3.8, 4) is 0 Å². The van der Waals surface area contributed by atoms with Crippen LogP contribution in [0, 0.1) is 5.41 Å². The Kier molecular flexibility index (Phi) is 6.81. The number of nitrogens with one attached hydrogen (secondary N) is 2. The number of aryl methyl sites for hydroxylation is 1. The van der Waals surface area contributed by atoms with E-state index in [0.717, 1.165) is 12.0 Å². The number of hydrogen-bond donors (Lipinski definition) is 2. The summed E-state index contributed by atoms with van der Waals surface area (Å²) in [5.41, 5.74) is 1.75. The summed E-state index contributed by atoms with van der Waals surface area (Å²) < 4.78 is 0. The number of benzene rings is 2. The molecule has 0 saturated carbocycles. The largest absolute Gasteiger partial charge is 0.355 e. The molecule has 2 N–H and O–H groups in total. The maximum absolute atomic E-state index is 12.5. The molecule has 0 heterocycles. The molecule has 0 aliphatic carbocycles. The molecule has 2 aromatic carbocycles. The summed E-state index contributed by atoms with van der Waals surface area (Å²) in [6, 6.07) is 15.1. The van der Waals surface area contributed by atoms with E-state index in [1.54, 1.807) is 13.8 Å². The first-order valence-corrected chi connectivity index (χ1v) is 9.14. The lowest BCUT2D eigenvalue weighted by Gasteiger charge is -2.23. The van der Waals surface area contributed by atoms with Gasteiger partial charge in [-0.2, -0.15) is 0 Å². The van der Waals surface area contributed by atoms with Gasteiger partial charge in [0.15, 0.2) is 0 Å². The van der Waals surface area contributed by atoms with Crippen molar-refractivity contribution in [2.45, 2.75) is 33.6 Å². The summed E-state index contributed by atoms with van der Waals surface area (Å²) in [7, 11) is 0. The van der Waals surface area contributed by atoms with Gasteiger partial charge in [-0.25, -0.2) is 0 Å². The van der Waals surface area contributed by atoms with Gasteiger partial charge in [-0.15, -0.1) is 0 Å². The number of halogens is 1. The second-order valence-corrected chi connectivity index (χ2v) is 7.20. The van der Waals surface area contributed by atoms with Gasteiger partial charge in [0.1, 0.15) is 5.41 Å². The van der Waals surface area contributed by atoms with E-state index in [9.17, 15) is 9.59 Å². The summed E-state index contributed by atoms with van der Waals surface area (Å²) in [5, 5.41) is 6.31. The highest BCUT2D eigenvalue weighted by atomic mass is 35.5. The fraction of sp³-hybridized carbons (Fsp3) is 0.333. The van der Waals surface area contributed by atoms with Crippen LogP contribution in [0.25, 0.3) is 0 Å². The standard InChI is InChI=1S/C21H25ClN2O2/c1-4-15-8-10-18(11-9-15)24-20(26)21(2,3)19(25)23-13-12-16-6-5-7-17(22)14-16/h5-11,14H,4,12-13H2,1-3H3,(H,23,25)(H,24,26). The van der Waals surface area contributed by atoms with Crippen molar-refractivity contribution < 1.29 is 9.59 Å². The Labute approximate surface area is 159 Å². The summed E-state index contributed by atoms with van der Waals surface area (Å²) >= 11 is 5.96. The first-order chi connectivity index (χ1) is 12.3. The van der Waals surface area contributed by atoms with Crippen molar-refractivity contribution in [1.29, 1.82) is 0 Å². The highest BCUT2D eigenvalue weighted by Gasteiger charge is 2.35. The zero-order valence-corrected chi connectivity index (χ0v) is 16.2. The fourth-order valence-corrected chi connectivity index (χ4v) is 2.66. The molecular formula is C21H25ClN2O2. The number of anilines is 1. The molecular weight excluding hydrogens is 348 g/mol. The molecule has 0 aliphatic heterocycles. The first kappa shape index (κ1) is 20.0. The highest BCUT2D eigenvalue weighted by Crippen LogP contribution is 2.20. The van der Waals surface area contributed by atoms with E-state index in [2.05, 4.69) is 17.6 Å². The van der Waals surface area contributed by atoms with Crippen LogP contribution in [0.2, 0.25) is 5.02 Å². The summed E-state index contributed by atoms with van der Waals surface area (Å²) in [5.74, 6) is -0.635. The van der Waals surface area contributed by atoms with Gasteiger partial charge >= 0.3 is 0 Å². The Bertz CT molecular complexity index is 770. The number of carbonyl (C=O) groups is 2. The molecule has 2 rings (SSSR count). The van der Waals surface area contributed by atoms with E-state index >= 15 is 0 Å². The summed E-state index contributed by atoms with van der Waals surface area (Å²) in [6.45, 7) is 5.76. The average Bonchev–Trinajstić information content (AvgIpc) is 2.62. The zero-order chi connectivity index (χ0) is 19.2. The molecule has 138 valence electrons. The lowest BCUT2D eigenvalue weighted by atomic mass is 9.90. The maximum atomic E-state index is 12.5. The van der Waals surface area contributed by atoms with E-state index in [1.807, 2.05) is 48.5 Å². The van der Waals surface area contributed by atoms with Crippen LogP contribution in [-0.4, -0.2) is 18.4 Å². The SMILES string of the molecule is CCc1ccc(NC(=O)C(C)(C)C(=O)NCCc2cccc(Cl)c2)cc1. The third kappa shape index (κ3) is 5.33. The second-order valence-electron chi connectivity index (χ2n) is 6.77. The van der Waals surface area contributed by atoms with Crippen LogP contribution in [-0.2, 0) is 22.4 Å². The lowest BCUT2D eigenvalue weighted by molar-refractivity contribution is -0.138. The predicted octanol–water partition coefficient (Wildman–Crippen LogP) is 4.23. The zero-order valence-electron chi connectivity index (χ0n) is 15.4. The topological polar surface area (TPSA) is 58.2 Å². The molecule has 0 aromatic heterocycles. The minimum atomic E-state index is -1.17. The van der Waals surface area contributed by atoms with Gasteiger partial charge < -0.3 is 10.6 Å². The number of hydrogen-bond acceptors (Lipinski definition) is 2. The third-order valence-electron chi connectivity index (χ3n) is 4.34. The Balaban J connectivity index is 1.89. The Hall–Kier alpha value is -2.33. The van der Waals surface area contributed by atoms with Crippen LogP contribution in [0.5, 0.6) is 0 Å². The molecule has 2 aromatic rings. The van der Waals surface area contributed by atoms with E-state index in [4.69, 9.17) is 11.6 Å². The van der Waals surface area contributed by atoms with Crippen LogP contribution < -0.4 is 10.6 Å². The third-order valence-corrected chi connectivity index (χ3v) is 4.58. The van der Waals surface area contributed by atoms with Gasteiger partial charge in [-0.05, 0) is 62.1 Å². The van der Waals surface area contributed by atoms with Crippen LogP contribution in [0.1, 0.15) is 31.9 Å². The average molecular weight is 373 g/mol. The summed E-state index contributed by atoms with van der Waals surface area (Å²) in [6.07, 6.45) is 1.59. The second kappa shape index (κ2) is 8.86. The molecule has 0 fully saturated rings. The van der Waals surface area contributed by atoms with E-state index < -0.39 is 5.41 Å². The predicted molar refractivity (Wildman–Crippen MR) is 106 cm³/mol. The molecule has 2 amide bonds. The van der Waals surface area contributed by atoms with Gasteiger partial charge in [0.25, 0.3) is 0 Å². The molecule has 0 spiro atoms. The van der Waals surface area contributed by atoms with Crippen LogP contribution in [0.4, 0.5) is 5.69 Å². The quantitative estimate of drug-likeness (QED) is 0.714. The van der Waals surface area contributed by atoms with Crippen molar-refractivity contribution in [2.75, 3.05) is 11.9 Å². The van der Waals surface area contributed by atoms with Gasteiger partial charge in [0.05, 0.1) is 0 Å². The van der Waals surface area contributed by atoms with Gasteiger partial charge in [-0.3, -0.25) is 9.59 Å². The van der Waals surface area contributed by atoms with E-state index in [0.29, 0.717) is 23.7 Å². The number of carbonyl (C=O) groups excluding carboxylic acids is 2. The highest BCUT2D eigenvalue weighted by molar-refractivity contribution is 6.30. The lowest BCUT2D eigenvalue weighted by Crippen LogP contribution is -2.45. The smallest absolute Gasteiger partial charge is 0.239 e. The summed E-state index contributed by atoms with van der Waals surface area (Å²) in [4.78, 5) is 25.0. The minimum Gasteiger partial charge on any atom is -0.355 e. The molecule has 5 heteroatoms. The molecule has 0 saturated heterocycles. The van der Waals surface area contributed by atoms with Gasteiger partial charge in [0.2, 0.25) is 11.8 Å². The molecule has 0 radical (unpaired) electrons. The van der Waals surface area contributed by atoms with Crippen LogP contribution in [0.15, 0.2) is 48.5 Å². The van der Waals surface area contributed by atoms with E-state index in [1.165, 1.54) is 5.56 Å². The Morgan fingerprint density at radius 1 is 1.00 bits per heavy atom. The monoisotopic (exact) mass is 372 g/mol. The van der Waals surface area contributed by atoms with E-state index in [-0.39, 0.29) is 11.8 Å². The molecule has 0 unspecified atom stereocenters. The fourth-order valence-electron chi connectivity index (χ4n) is 2.45. The van der Waals surface area contributed by atoms with Crippen molar-refractivity contribution in [1.82, 2.24) is 5.32 Å². The first-order valence-electron chi connectivity index (χ1n) is 8.76. The Morgan fingerprint density at radius 2 is 1.69 bits per heavy atom. The van der Waals surface area contributed by atoms with Gasteiger partial charge in [-0.1, -0.05) is 42.8 Å². The van der Waals surface area contributed by atoms with Crippen molar-refractivity contribution in [3.63, 3.8) is 0 Å². The number of amides is 2. The van der Waals surface area contributed by atoms with Crippen LogP contribution >= 0.6 is 11.6 Å². The molecule has 0 aliphatic rings. The van der Waals surface area contributed by atoms with Gasteiger partial charge in [0, 0.05) is 17.3 Å². The van der Waals surface area contributed by atoms with Crippen molar-refractivity contribution in [3.05, 3.63) is 64.7 Å². The van der Waals surface area contributed by atoms with Crippen molar-refractivity contribution in [2.24, 2.45) is 5.41 Å². The molecule has 26 heavy (non-hydrogen) atoms.